The Balaban J connectivity index is 3.68. The predicted octanol–water partition coefficient (Wildman–Crippen LogP) is 1.14. The molecule has 0 N–H and O–H groups in total. The number of hydroxylamine groups is 2. The molecule has 0 saturated carbocycles. The Labute approximate surface area is 64.3 Å². The zero-order valence-electron chi connectivity index (χ0n) is 5.79. The summed E-state index contributed by atoms with van der Waals surface area (Å²) >= 11 is 4.60. The van der Waals surface area contributed by atoms with Gasteiger partial charge in [-0.05, 0) is 12.2 Å². The maximum atomic E-state index is 9.98. The van der Waals surface area contributed by atoms with Gasteiger partial charge in [-0.2, -0.15) is 0 Å². The van der Waals surface area contributed by atoms with Crippen LogP contribution in [0.1, 0.15) is 13.3 Å². The number of hydrogen-bond acceptors (Lipinski definition) is 3. The van der Waals surface area contributed by atoms with Crippen LogP contribution in [0, 0.1) is 0 Å². The second-order valence-electron chi connectivity index (χ2n) is 1.58. The van der Waals surface area contributed by atoms with Crippen LogP contribution < -0.4 is 0 Å². The zero-order valence-corrected chi connectivity index (χ0v) is 6.60. The first-order valence-corrected chi connectivity index (χ1v) is 3.14. The van der Waals surface area contributed by atoms with E-state index in [0.29, 0.717) is 11.5 Å². The Bertz CT molecular complexity index is 148. The van der Waals surface area contributed by atoms with Crippen LogP contribution in [0.2, 0.25) is 0 Å². The fourth-order valence-electron chi connectivity index (χ4n) is 0.255. The largest absolute Gasteiger partial charge is 0.485 e. The van der Waals surface area contributed by atoms with Gasteiger partial charge in [-0.3, -0.25) is 0 Å². The molecule has 57 valence electrons. The standard InChI is InChI=1S/C5H8NO3S/c1-3-4(10)9-6(2)5(7)8/h3H2,1-2H3. The second kappa shape index (κ2) is 4.05. The summed E-state index contributed by atoms with van der Waals surface area (Å²) in [7, 11) is 1.22. The lowest BCUT2D eigenvalue weighted by atomic mass is 10.5. The topological polar surface area (TPSA) is 49.4 Å². The smallest absolute Gasteiger partial charge is 0.367 e. The molecule has 0 aliphatic rings. The highest BCUT2D eigenvalue weighted by molar-refractivity contribution is 7.80. The first-order valence-electron chi connectivity index (χ1n) is 2.73. The number of carbonyl (C=O) groups excluding carboxylic acids is 1. The fraction of sp³-hybridized carbons (Fsp3) is 0.600. The molecule has 0 rings (SSSR count). The van der Waals surface area contributed by atoms with Crippen molar-refractivity contribution in [2.75, 3.05) is 7.05 Å². The number of carbonyl (C=O) groups is 1. The minimum atomic E-state index is -1.41. The van der Waals surface area contributed by atoms with Gasteiger partial charge in [0.2, 0.25) is 0 Å². The van der Waals surface area contributed by atoms with Crippen LogP contribution in [0.4, 0.5) is 4.79 Å². The summed E-state index contributed by atoms with van der Waals surface area (Å²) < 4.78 is 0. The van der Waals surface area contributed by atoms with Crippen LogP contribution >= 0.6 is 12.2 Å². The third kappa shape index (κ3) is 3.24. The van der Waals surface area contributed by atoms with E-state index < -0.39 is 6.09 Å². The highest BCUT2D eigenvalue weighted by Crippen LogP contribution is 1.93. The van der Waals surface area contributed by atoms with Crippen molar-refractivity contribution in [1.29, 1.82) is 0 Å². The van der Waals surface area contributed by atoms with Gasteiger partial charge in [0.25, 0.3) is 0 Å². The van der Waals surface area contributed by atoms with E-state index in [1.807, 2.05) is 0 Å². The van der Waals surface area contributed by atoms with E-state index in [9.17, 15) is 9.90 Å². The van der Waals surface area contributed by atoms with E-state index in [0.717, 1.165) is 0 Å². The summed E-state index contributed by atoms with van der Waals surface area (Å²) in [6.45, 7) is 1.77. The highest BCUT2D eigenvalue weighted by Gasteiger charge is 2.09. The molecule has 0 aromatic heterocycles. The number of amides is 1. The van der Waals surface area contributed by atoms with Crippen LogP contribution in [0.3, 0.4) is 0 Å². The van der Waals surface area contributed by atoms with E-state index in [-0.39, 0.29) is 5.05 Å². The van der Waals surface area contributed by atoms with Crippen molar-refractivity contribution < 1.29 is 14.7 Å². The fourth-order valence-corrected chi connectivity index (χ4v) is 0.366. The zero-order chi connectivity index (χ0) is 8.15. The highest BCUT2D eigenvalue weighted by atomic mass is 32.1. The van der Waals surface area contributed by atoms with Gasteiger partial charge in [0.15, 0.2) is 5.05 Å². The molecule has 1 radical (unpaired) electrons. The predicted molar refractivity (Wildman–Crippen MR) is 37.8 cm³/mol. The summed E-state index contributed by atoms with van der Waals surface area (Å²) in [5.41, 5.74) is 0. The SMILES string of the molecule is CCC(=S)ON(C)C([O])=O. The Morgan fingerprint density at radius 3 is 2.50 bits per heavy atom. The first kappa shape index (κ1) is 9.16. The molecule has 0 spiro atoms. The molecule has 0 aliphatic heterocycles. The number of nitrogens with zero attached hydrogens (tertiary/aromatic N) is 1. The van der Waals surface area contributed by atoms with Crippen molar-refractivity contribution in [3.05, 3.63) is 0 Å². The average molecular weight is 162 g/mol. The van der Waals surface area contributed by atoms with Crippen molar-refractivity contribution in [2.45, 2.75) is 13.3 Å². The third-order valence-corrected chi connectivity index (χ3v) is 1.15. The molecule has 10 heavy (non-hydrogen) atoms. The molecular weight excluding hydrogens is 154 g/mol. The lowest BCUT2D eigenvalue weighted by molar-refractivity contribution is -0.0348. The maximum Gasteiger partial charge on any atom is 0.485 e. The Kier molecular flexibility index (Phi) is 3.71. The molecule has 0 heterocycles. The van der Waals surface area contributed by atoms with Gasteiger partial charge in [0.1, 0.15) is 0 Å². The molecule has 1 amide bonds. The summed E-state index contributed by atoms with van der Waals surface area (Å²) in [6, 6.07) is 0. The number of rotatable bonds is 1. The van der Waals surface area contributed by atoms with Crippen molar-refractivity contribution in [1.82, 2.24) is 5.06 Å². The number of hydrogen-bond donors (Lipinski definition) is 0. The summed E-state index contributed by atoms with van der Waals surface area (Å²) in [6.07, 6.45) is -0.900. The van der Waals surface area contributed by atoms with Gasteiger partial charge in [-0.1, -0.05) is 6.92 Å². The molecule has 4 nitrogen and oxygen atoms in total. The maximum absolute atomic E-state index is 9.98. The van der Waals surface area contributed by atoms with E-state index in [2.05, 4.69) is 17.1 Å². The van der Waals surface area contributed by atoms with Gasteiger partial charge in [0.05, 0.1) is 7.05 Å². The molecule has 0 unspecified atom stereocenters. The quantitative estimate of drug-likeness (QED) is 0.429. The molecule has 0 aliphatic carbocycles. The summed E-state index contributed by atoms with van der Waals surface area (Å²) in [5, 5.41) is 10.8. The van der Waals surface area contributed by atoms with Crippen LogP contribution in [0.5, 0.6) is 0 Å². The molecule has 0 atom stereocenters. The monoisotopic (exact) mass is 162 g/mol. The van der Waals surface area contributed by atoms with Crippen molar-refractivity contribution in [3.63, 3.8) is 0 Å². The van der Waals surface area contributed by atoms with Crippen LogP contribution in [0.25, 0.3) is 0 Å². The van der Waals surface area contributed by atoms with Crippen LogP contribution in [-0.2, 0) is 9.94 Å². The summed E-state index contributed by atoms with van der Waals surface area (Å²) in [5.74, 6) is 0. The Morgan fingerprint density at radius 1 is 1.70 bits per heavy atom. The van der Waals surface area contributed by atoms with Gasteiger partial charge in [0, 0.05) is 6.42 Å². The van der Waals surface area contributed by atoms with Gasteiger partial charge in [-0.25, -0.2) is 9.90 Å². The van der Waals surface area contributed by atoms with E-state index >= 15 is 0 Å². The number of thiocarbonyl (C=S) groups is 1. The lowest BCUT2D eigenvalue weighted by Gasteiger charge is -2.11. The molecule has 5 heteroatoms. The second-order valence-corrected chi connectivity index (χ2v) is 2.04. The van der Waals surface area contributed by atoms with Crippen molar-refractivity contribution in [3.8, 4) is 0 Å². The lowest BCUT2D eigenvalue weighted by Crippen LogP contribution is -2.26. The Morgan fingerprint density at radius 2 is 2.20 bits per heavy atom. The van der Waals surface area contributed by atoms with E-state index in [1.165, 1.54) is 7.05 Å². The van der Waals surface area contributed by atoms with Crippen LogP contribution in [-0.4, -0.2) is 23.3 Å². The first-order chi connectivity index (χ1) is 4.57. The van der Waals surface area contributed by atoms with Gasteiger partial charge < -0.3 is 4.84 Å². The summed E-state index contributed by atoms with van der Waals surface area (Å²) in [4.78, 5) is 14.5. The van der Waals surface area contributed by atoms with Crippen LogP contribution in [0.15, 0.2) is 0 Å². The van der Waals surface area contributed by atoms with Crippen molar-refractivity contribution >= 4 is 23.4 Å². The molecule has 0 aromatic carbocycles. The molecular formula is C5H8NO3S. The molecule has 0 saturated heterocycles. The van der Waals surface area contributed by atoms with Crippen molar-refractivity contribution in [2.24, 2.45) is 0 Å². The third-order valence-electron chi connectivity index (χ3n) is 0.785. The van der Waals surface area contributed by atoms with Gasteiger partial charge in [-0.15, -0.1) is 5.06 Å². The van der Waals surface area contributed by atoms with Gasteiger partial charge >= 0.3 is 6.09 Å². The minimum Gasteiger partial charge on any atom is -0.367 e. The molecule has 0 fully saturated rings. The minimum absolute atomic E-state index is 0.228. The van der Waals surface area contributed by atoms with E-state index in [1.54, 1.807) is 6.92 Å². The average Bonchev–Trinajstić information content (AvgIpc) is 1.87. The normalized spacial score (nSPS) is 8.60. The molecule has 0 aromatic rings. The van der Waals surface area contributed by atoms with E-state index in [4.69, 9.17) is 0 Å². The Hall–Kier alpha value is -0.840. The molecule has 0 bridgehead atoms.